The van der Waals surface area contributed by atoms with Crippen LogP contribution < -0.4 is 0 Å². The summed E-state index contributed by atoms with van der Waals surface area (Å²) in [5.74, 6) is 0. The van der Waals surface area contributed by atoms with E-state index in [0.717, 1.165) is 12.8 Å². The van der Waals surface area contributed by atoms with Crippen LogP contribution in [0, 0.1) is 0 Å². The summed E-state index contributed by atoms with van der Waals surface area (Å²) in [4.78, 5) is 0. The van der Waals surface area contributed by atoms with Crippen LogP contribution in [0.25, 0.3) is 0 Å². The van der Waals surface area contributed by atoms with Crippen LogP contribution in [0.2, 0.25) is 0 Å². The molecule has 1 rings (SSSR count). The fourth-order valence-corrected chi connectivity index (χ4v) is 1.53. The van der Waals surface area contributed by atoms with Crippen molar-refractivity contribution in [2.45, 2.75) is 45.3 Å². The van der Waals surface area contributed by atoms with Gasteiger partial charge in [-0.05, 0) is 33.6 Å². The van der Waals surface area contributed by atoms with Crippen molar-refractivity contribution in [3.05, 3.63) is 23.8 Å². The highest BCUT2D eigenvalue weighted by molar-refractivity contribution is 5.11. The molecule has 0 saturated carbocycles. The fraction of sp³-hybridized carbons (Fsp3) is 0.667. The van der Waals surface area contributed by atoms with E-state index < -0.39 is 0 Å². The molecule has 0 radical (unpaired) electrons. The summed E-state index contributed by atoms with van der Waals surface area (Å²) in [6.45, 7) is 6.45. The molecule has 14 heavy (non-hydrogen) atoms. The first-order valence-corrected chi connectivity index (χ1v) is 5.17. The van der Waals surface area contributed by atoms with Crippen LogP contribution in [0.1, 0.15) is 33.6 Å². The molecule has 0 spiro atoms. The van der Waals surface area contributed by atoms with E-state index in [1.54, 1.807) is 6.08 Å². The number of aliphatic hydroxyl groups excluding tert-OH is 1. The molecule has 1 heterocycles. The fourth-order valence-electron chi connectivity index (χ4n) is 1.53. The minimum absolute atomic E-state index is 0.0115. The van der Waals surface area contributed by atoms with Gasteiger partial charge in [0.2, 0.25) is 0 Å². The lowest BCUT2D eigenvalue weighted by Crippen LogP contribution is -2.07. The van der Waals surface area contributed by atoms with Gasteiger partial charge in [-0.1, -0.05) is 23.8 Å². The molecule has 2 nitrogen and oxygen atoms in total. The van der Waals surface area contributed by atoms with Crippen molar-refractivity contribution in [2.75, 3.05) is 6.61 Å². The van der Waals surface area contributed by atoms with Gasteiger partial charge in [0.05, 0.1) is 12.2 Å². The topological polar surface area (TPSA) is 32.8 Å². The zero-order valence-corrected chi connectivity index (χ0v) is 9.29. The summed E-state index contributed by atoms with van der Waals surface area (Å²) in [7, 11) is 0. The molecular weight excluding hydrogens is 176 g/mol. The van der Waals surface area contributed by atoms with Crippen molar-refractivity contribution >= 4 is 0 Å². The predicted molar refractivity (Wildman–Crippen MR) is 58.2 cm³/mol. The van der Waals surface area contributed by atoms with E-state index in [1.165, 1.54) is 5.57 Å². The van der Waals surface area contributed by atoms with Crippen molar-refractivity contribution in [3.63, 3.8) is 0 Å². The van der Waals surface area contributed by atoms with Crippen LogP contribution in [0.4, 0.5) is 0 Å². The number of hydrogen-bond donors (Lipinski definition) is 1. The molecule has 1 aliphatic heterocycles. The van der Waals surface area contributed by atoms with Crippen LogP contribution >= 0.6 is 0 Å². The second-order valence-corrected chi connectivity index (χ2v) is 4.28. The SMILES string of the molecule is CC(C)=CCC[C@]1(C)O[C@H]1/C=C\CO. The number of hydrogen-bond acceptors (Lipinski definition) is 2. The van der Waals surface area contributed by atoms with Gasteiger partial charge in [-0.3, -0.25) is 0 Å². The summed E-state index contributed by atoms with van der Waals surface area (Å²) in [6.07, 6.45) is 8.26. The maximum absolute atomic E-state index is 8.61. The molecule has 0 bridgehead atoms. The number of allylic oxidation sites excluding steroid dienone is 2. The second kappa shape index (κ2) is 4.76. The molecule has 2 atom stereocenters. The molecule has 1 fully saturated rings. The van der Waals surface area contributed by atoms with Gasteiger partial charge in [0.1, 0.15) is 6.10 Å². The Morgan fingerprint density at radius 1 is 1.50 bits per heavy atom. The van der Waals surface area contributed by atoms with Crippen molar-refractivity contribution in [1.82, 2.24) is 0 Å². The third-order valence-corrected chi connectivity index (χ3v) is 2.55. The van der Waals surface area contributed by atoms with E-state index in [0.29, 0.717) is 0 Å². The van der Waals surface area contributed by atoms with Crippen LogP contribution in [-0.4, -0.2) is 23.4 Å². The van der Waals surface area contributed by atoms with Gasteiger partial charge in [0, 0.05) is 0 Å². The van der Waals surface area contributed by atoms with Gasteiger partial charge in [-0.25, -0.2) is 0 Å². The molecule has 80 valence electrons. The van der Waals surface area contributed by atoms with Gasteiger partial charge < -0.3 is 9.84 Å². The van der Waals surface area contributed by atoms with Gasteiger partial charge in [0.25, 0.3) is 0 Å². The second-order valence-electron chi connectivity index (χ2n) is 4.28. The van der Waals surface area contributed by atoms with Crippen LogP contribution in [0.5, 0.6) is 0 Å². The molecule has 1 saturated heterocycles. The highest BCUT2D eigenvalue weighted by atomic mass is 16.6. The molecule has 0 aliphatic carbocycles. The van der Waals surface area contributed by atoms with Crippen molar-refractivity contribution in [3.8, 4) is 0 Å². The Balaban J connectivity index is 2.26. The minimum atomic E-state index is 0.0115. The highest BCUT2D eigenvalue weighted by Gasteiger charge is 2.49. The van der Waals surface area contributed by atoms with Crippen molar-refractivity contribution in [1.29, 1.82) is 0 Å². The van der Waals surface area contributed by atoms with Crippen molar-refractivity contribution < 1.29 is 9.84 Å². The largest absolute Gasteiger partial charge is 0.392 e. The van der Waals surface area contributed by atoms with E-state index in [4.69, 9.17) is 9.84 Å². The Morgan fingerprint density at radius 3 is 2.79 bits per heavy atom. The molecule has 0 aromatic rings. The molecule has 0 unspecified atom stereocenters. The summed E-state index contributed by atoms with van der Waals surface area (Å²) < 4.78 is 5.56. The van der Waals surface area contributed by atoms with Gasteiger partial charge in [-0.2, -0.15) is 0 Å². The molecule has 0 amide bonds. The third kappa shape index (κ3) is 3.28. The smallest absolute Gasteiger partial charge is 0.105 e. The minimum Gasteiger partial charge on any atom is -0.392 e. The number of epoxide rings is 1. The number of ether oxygens (including phenoxy) is 1. The average molecular weight is 196 g/mol. The average Bonchev–Trinajstić information content (AvgIpc) is 2.73. The first-order chi connectivity index (χ1) is 6.58. The van der Waals surface area contributed by atoms with E-state index in [-0.39, 0.29) is 18.3 Å². The summed E-state index contributed by atoms with van der Waals surface area (Å²) >= 11 is 0. The highest BCUT2D eigenvalue weighted by Crippen LogP contribution is 2.41. The molecular formula is C12H20O2. The Hall–Kier alpha value is -0.600. The van der Waals surface area contributed by atoms with E-state index >= 15 is 0 Å². The maximum atomic E-state index is 8.61. The van der Waals surface area contributed by atoms with Gasteiger partial charge in [0.15, 0.2) is 0 Å². The van der Waals surface area contributed by atoms with Crippen LogP contribution in [0.15, 0.2) is 23.8 Å². The van der Waals surface area contributed by atoms with Gasteiger partial charge >= 0.3 is 0 Å². The van der Waals surface area contributed by atoms with E-state index in [1.807, 2.05) is 6.08 Å². The summed E-state index contributed by atoms with van der Waals surface area (Å²) in [6, 6.07) is 0. The first kappa shape index (κ1) is 11.5. The molecule has 2 heteroatoms. The van der Waals surface area contributed by atoms with Crippen molar-refractivity contribution in [2.24, 2.45) is 0 Å². The monoisotopic (exact) mass is 196 g/mol. The zero-order chi connectivity index (χ0) is 10.6. The molecule has 0 aromatic heterocycles. The zero-order valence-electron chi connectivity index (χ0n) is 9.29. The Bertz CT molecular complexity index is 239. The quantitative estimate of drug-likeness (QED) is 0.541. The molecule has 0 aromatic carbocycles. The lowest BCUT2D eigenvalue weighted by Gasteiger charge is -2.02. The normalized spacial score (nSPS) is 30.7. The Morgan fingerprint density at radius 2 is 2.21 bits per heavy atom. The predicted octanol–water partition coefficient (Wildman–Crippen LogP) is 2.44. The Kier molecular flexibility index (Phi) is 3.90. The first-order valence-electron chi connectivity index (χ1n) is 5.17. The third-order valence-electron chi connectivity index (χ3n) is 2.55. The molecule has 1 aliphatic rings. The van der Waals surface area contributed by atoms with Crippen LogP contribution in [-0.2, 0) is 4.74 Å². The summed E-state index contributed by atoms with van der Waals surface area (Å²) in [5.41, 5.74) is 1.37. The number of rotatable bonds is 5. The lowest BCUT2D eigenvalue weighted by molar-refractivity contribution is 0.303. The maximum Gasteiger partial charge on any atom is 0.105 e. The van der Waals surface area contributed by atoms with Gasteiger partial charge in [-0.15, -0.1) is 0 Å². The number of aliphatic hydroxyl groups is 1. The van der Waals surface area contributed by atoms with E-state index in [9.17, 15) is 0 Å². The summed E-state index contributed by atoms with van der Waals surface area (Å²) in [5, 5.41) is 8.61. The standard InChI is InChI=1S/C12H20O2/c1-10(2)6-4-8-12(3)11(14-12)7-5-9-13/h5-7,11,13H,4,8-9H2,1-3H3/b7-5-/t11-,12-/m0/s1. The lowest BCUT2D eigenvalue weighted by atomic mass is 10.0. The van der Waals surface area contributed by atoms with Crippen LogP contribution in [0.3, 0.4) is 0 Å². The Labute approximate surface area is 86.3 Å². The van der Waals surface area contributed by atoms with E-state index in [2.05, 4.69) is 26.8 Å². The molecule has 1 N–H and O–H groups in total.